The molecule has 4 atom stereocenters. The lowest BCUT2D eigenvalue weighted by Gasteiger charge is -2.37. The number of nitrogens with zero attached hydrogens (tertiary/aromatic N) is 5. The van der Waals surface area contributed by atoms with E-state index >= 15 is 0 Å². The highest BCUT2D eigenvalue weighted by Gasteiger charge is 2.38. The van der Waals surface area contributed by atoms with Crippen molar-refractivity contribution in [2.24, 2.45) is 0 Å². The van der Waals surface area contributed by atoms with Crippen molar-refractivity contribution in [2.75, 3.05) is 52.9 Å². The smallest absolute Gasteiger partial charge is 0.115 e. The first kappa shape index (κ1) is 33.2. The van der Waals surface area contributed by atoms with Gasteiger partial charge in [0.25, 0.3) is 0 Å². The van der Waals surface area contributed by atoms with E-state index in [-0.39, 0.29) is 78.4 Å². The SMILES string of the molecule is CCCCOC[C@@H](OCCC#N)[C@@H](OCCC#N)[C@H](OCCC#N)[C@H](COCCC#N)OCCC#N. The molecule has 0 rings (SSSR count). The van der Waals surface area contributed by atoms with E-state index in [1.54, 1.807) is 0 Å². The number of nitriles is 5. The van der Waals surface area contributed by atoms with Gasteiger partial charge in [-0.2, -0.15) is 26.3 Å². The summed E-state index contributed by atoms with van der Waals surface area (Å²) >= 11 is 0. The van der Waals surface area contributed by atoms with Crippen molar-refractivity contribution in [1.82, 2.24) is 0 Å². The Kier molecular flexibility index (Phi) is 23.3. The monoisotopic (exact) mass is 503 g/mol. The van der Waals surface area contributed by atoms with E-state index in [0.29, 0.717) is 6.61 Å². The number of unbranched alkanes of at least 4 members (excludes halogenated alkanes) is 1. The van der Waals surface area contributed by atoms with Gasteiger partial charge in [0.1, 0.15) is 24.4 Å². The molecule has 0 aromatic carbocycles. The molecule has 0 aromatic rings. The van der Waals surface area contributed by atoms with Crippen LogP contribution in [0.3, 0.4) is 0 Å². The molecule has 11 heteroatoms. The molecule has 0 aliphatic rings. The molecule has 0 spiro atoms. The molecule has 0 bridgehead atoms. The van der Waals surface area contributed by atoms with Gasteiger partial charge in [0.05, 0.1) is 109 Å². The van der Waals surface area contributed by atoms with Crippen molar-refractivity contribution in [3.8, 4) is 30.3 Å². The summed E-state index contributed by atoms with van der Waals surface area (Å²) in [6, 6.07) is 10.1. The molecule has 0 saturated carbocycles. The highest BCUT2D eigenvalue weighted by Crippen LogP contribution is 2.21. The fourth-order valence-corrected chi connectivity index (χ4v) is 3.06. The Hall–Kier alpha value is -2.79. The zero-order chi connectivity index (χ0) is 26.7. The second kappa shape index (κ2) is 25.3. The van der Waals surface area contributed by atoms with E-state index in [2.05, 4.69) is 0 Å². The topological polar surface area (TPSA) is 174 Å². The summed E-state index contributed by atoms with van der Waals surface area (Å²) in [6.07, 6.45) is -0.422. The summed E-state index contributed by atoms with van der Waals surface area (Å²) in [5, 5.41) is 44.8. The van der Waals surface area contributed by atoms with Crippen LogP contribution in [-0.4, -0.2) is 77.3 Å². The molecule has 0 fully saturated rings. The fraction of sp³-hybridized carbons (Fsp3) is 0.800. The van der Waals surface area contributed by atoms with Gasteiger partial charge in [-0.15, -0.1) is 0 Å². The van der Waals surface area contributed by atoms with Crippen molar-refractivity contribution < 1.29 is 28.4 Å². The molecule has 198 valence electrons. The van der Waals surface area contributed by atoms with E-state index in [1.807, 2.05) is 37.3 Å². The van der Waals surface area contributed by atoms with Crippen molar-refractivity contribution in [3.63, 3.8) is 0 Å². The number of hydrogen-bond donors (Lipinski definition) is 0. The molecule has 0 saturated heterocycles. The van der Waals surface area contributed by atoms with Crippen LogP contribution in [0.5, 0.6) is 0 Å². The zero-order valence-corrected chi connectivity index (χ0v) is 21.1. The van der Waals surface area contributed by atoms with Crippen LogP contribution < -0.4 is 0 Å². The fourth-order valence-electron chi connectivity index (χ4n) is 3.06. The van der Waals surface area contributed by atoms with Gasteiger partial charge in [-0.3, -0.25) is 0 Å². The van der Waals surface area contributed by atoms with Crippen molar-refractivity contribution in [3.05, 3.63) is 0 Å². The number of hydrogen-bond acceptors (Lipinski definition) is 11. The summed E-state index contributed by atoms with van der Waals surface area (Å²) in [4.78, 5) is 0. The van der Waals surface area contributed by atoms with Gasteiger partial charge in [-0.1, -0.05) is 13.3 Å². The van der Waals surface area contributed by atoms with Crippen LogP contribution in [0.2, 0.25) is 0 Å². The Balaban J connectivity index is 5.99. The largest absolute Gasteiger partial charge is 0.379 e. The lowest BCUT2D eigenvalue weighted by atomic mass is 10.0. The average Bonchev–Trinajstić information content (AvgIpc) is 2.88. The summed E-state index contributed by atoms with van der Waals surface area (Å²) in [5.41, 5.74) is 0. The molecular formula is C25H37N5O6. The van der Waals surface area contributed by atoms with Gasteiger partial charge in [0, 0.05) is 6.61 Å². The predicted octanol–water partition coefficient (Wildman–Crippen LogP) is 2.93. The molecule has 0 radical (unpaired) electrons. The van der Waals surface area contributed by atoms with E-state index in [1.165, 1.54) is 0 Å². The van der Waals surface area contributed by atoms with Gasteiger partial charge in [-0.05, 0) is 6.42 Å². The molecule has 0 aliphatic heterocycles. The van der Waals surface area contributed by atoms with E-state index in [9.17, 15) is 0 Å². The first-order valence-electron chi connectivity index (χ1n) is 12.2. The summed E-state index contributed by atoms with van der Waals surface area (Å²) in [7, 11) is 0. The maximum absolute atomic E-state index is 9.03. The molecule has 0 amide bonds. The van der Waals surface area contributed by atoms with Crippen molar-refractivity contribution >= 4 is 0 Å². The zero-order valence-electron chi connectivity index (χ0n) is 21.1. The number of rotatable bonds is 24. The Labute approximate surface area is 214 Å². The van der Waals surface area contributed by atoms with Crippen LogP contribution in [0.25, 0.3) is 0 Å². The van der Waals surface area contributed by atoms with Crippen LogP contribution in [0.15, 0.2) is 0 Å². The third kappa shape index (κ3) is 16.8. The van der Waals surface area contributed by atoms with Crippen LogP contribution >= 0.6 is 0 Å². The summed E-state index contributed by atoms with van der Waals surface area (Å²) in [6.45, 7) is 3.36. The molecule has 0 aliphatic carbocycles. The van der Waals surface area contributed by atoms with E-state index in [0.717, 1.165) is 12.8 Å². The minimum atomic E-state index is -0.806. The first-order valence-corrected chi connectivity index (χ1v) is 12.2. The van der Waals surface area contributed by atoms with Crippen LogP contribution in [-0.2, 0) is 28.4 Å². The maximum atomic E-state index is 9.03. The van der Waals surface area contributed by atoms with E-state index < -0.39 is 24.4 Å². The van der Waals surface area contributed by atoms with Crippen molar-refractivity contribution in [2.45, 2.75) is 76.3 Å². The highest BCUT2D eigenvalue weighted by molar-refractivity contribution is 4.88. The Morgan fingerprint density at radius 2 is 0.861 bits per heavy atom. The van der Waals surface area contributed by atoms with Gasteiger partial charge in [0.2, 0.25) is 0 Å². The molecule has 0 aromatic heterocycles. The van der Waals surface area contributed by atoms with Crippen molar-refractivity contribution in [1.29, 1.82) is 26.3 Å². The Morgan fingerprint density at radius 3 is 1.25 bits per heavy atom. The summed E-state index contributed by atoms with van der Waals surface area (Å²) < 4.78 is 35.5. The molecule has 0 unspecified atom stereocenters. The molecular weight excluding hydrogens is 466 g/mol. The molecule has 0 N–H and O–H groups in total. The minimum absolute atomic E-state index is 0.0457. The lowest BCUT2D eigenvalue weighted by Crippen LogP contribution is -2.52. The second-order valence-corrected chi connectivity index (χ2v) is 7.53. The van der Waals surface area contributed by atoms with Gasteiger partial charge in [0.15, 0.2) is 0 Å². The lowest BCUT2D eigenvalue weighted by molar-refractivity contribution is -0.195. The highest BCUT2D eigenvalue weighted by atomic mass is 16.6. The number of ether oxygens (including phenoxy) is 6. The first-order chi connectivity index (χ1) is 17.7. The summed E-state index contributed by atoms with van der Waals surface area (Å²) in [5.74, 6) is 0. The predicted molar refractivity (Wildman–Crippen MR) is 127 cm³/mol. The average molecular weight is 504 g/mol. The molecule has 0 heterocycles. The molecule has 36 heavy (non-hydrogen) atoms. The standard InChI is InChI=1S/C25H37N5O6/c1-2-3-14-31-20-22(33-16-5-10-27)24(35-18-7-12-29)25(36-19-8-13-30)23(34-17-6-11-28)21-32-15-4-9-26/h22-25H,2-8,14-21H2,1H3/t22-,23+,24-,25-/m1/s1. The third-order valence-electron chi connectivity index (χ3n) is 4.76. The quantitative estimate of drug-likeness (QED) is 0.177. The third-order valence-corrected chi connectivity index (χ3v) is 4.76. The normalized spacial score (nSPS) is 13.8. The van der Waals surface area contributed by atoms with Crippen LogP contribution in [0.4, 0.5) is 0 Å². The van der Waals surface area contributed by atoms with Gasteiger partial charge in [-0.25, -0.2) is 0 Å². The van der Waals surface area contributed by atoms with Gasteiger partial charge >= 0.3 is 0 Å². The Morgan fingerprint density at radius 1 is 0.500 bits per heavy atom. The maximum Gasteiger partial charge on any atom is 0.115 e. The Bertz CT molecular complexity index is 748. The van der Waals surface area contributed by atoms with Crippen LogP contribution in [0.1, 0.15) is 51.9 Å². The molecule has 11 nitrogen and oxygen atoms in total. The second-order valence-electron chi connectivity index (χ2n) is 7.53. The van der Waals surface area contributed by atoms with Gasteiger partial charge < -0.3 is 28.4 Å². The van der Waals surface area contributed by atoms with Crippen LogP contribution in [0, 0.1) is 56.7 Å². The van der Waals surface area contributed by atoms with E-state index in [4.69, 9.17) is 54.7 Å². The minimum Gasteiger partial charge on any atom is -0.379 e.